The molecule has 1 saturated heterocycles. The lowest BCUT2D eigenvalue weighted by atomic mass is 9.94. The summed E-state index contributed by atoms with van der Waals surface area (Å²) in [6, 6.07) is 7.79. The Labute approximate surface area is 130 Å². The van der Waals surface area contributed by atoms with Crippen molar-refractivity contribution >= 4 is 17.5 Å². The fourth-order valence-corrected chi connectivity index (χ4v) is 3.55. The van der Waals surface area contributed by atoms with Crippen molar-refractivity contribution in [2.45, 2.75) is 43.1 Å². The van der Waals surface area contributed by atoms with Crippen LogP contribution in [0, 0.1) is 0 Å². The molecule has 112 valence electrons. The third-order valence-corrected chi connectivity index (χ3v) is 5.50. The minimum atomic E-state index is -0.310. The molecule has 2 aliphatic carbocycles. The molecule has 3 nitrogen and oxygen atoms in total. The van der Waals surface area contributed by atoms with Gasteiger partial charge >= 0.3 is 0 Å². The molecular formula is C17H21ClN2O. The molecule has 4 heteroatoms. The van der Waals surface area contributed by atoms with Gasteiger partial charge in [-0.15, -0.1) is 0 Å². The Kier molecular flexibility index (Phi) is 3.05. The molecule has 0 radical (unpaired) electrons. The molecule has 0 aromatic heterocycles. The van der Waals surface area contributed by atoms with Crippen LogP contribution in [0.1, 0.15) is 37.7 Å². The van der Waals surface area contributed by atoms with Crippen LogP contribution in [0.25, 0.3) is 0 Å². The zero-order chi connectivity index (χ0) is 14.5. The zero-order valence-corrected chi connectivity index (χ0v) is 13.0. The Morgan fingerprint density at radius 1 is 1.24 bits per heavy atom. The van der Waals surface area contributed by atoms with Gasteiger partial charge in [-0.05, 0) is 62.9 Å². The van der Waals surface area contributed by atoms with Crippen molar-refractivity contribution in [2.24, 2.45) is 0 Å². The van der Waals surface area contributed by atoms with Crippen LogP contribution in [0.3, 0.4) is 0 Å². The summed E-state index contributed by atoms with van der Waals surface area (Å²) in [5, 5.41) is 4.08. The highest BCUT2D eigenvalue weighted by molar-refractivity contribution is 6.30. The van der Waals surface area contributed by atoms with E-state index in [1.165, 1.54) is 19.5 Å². The number of nitrogens with one attached hydrogen (secondary N) is 1. The Hall–Kier alpha value is -1.06. The van der Waals surface area contributed by atoms with Crippen LogP contribution >= 0.6 is 11.6 Å². The fourth-order valence-electron chi connectivity index (χ4n) is 3.36. The van der Waals surface area contributed by atoms with Gasteiger partial charge in [0.1, 0.15) is 0 Å². The molecule has 0 unspecified atom stereocenters. The highest BCUT2D eigenvalue weighted by atomic mass is 35.5. The summed E-state index contributed by atoms with van der Waals surface area (Å²) in [6.07, 6.45) is 5.44. The smallest absolute Gasteiger partial charge is 0.231 e. The first-order valence-electron chi connectivity index (χ1n) is 7.93. The van der Waals surface area contributed by atoms with Gasteiger partial charge in [0.2, 0.25) is 5.91 Å². The van der Waals surface area contributed by atoms with E-state index in [2.05, 4.69) is 10.2 Å². The summed E-state index contributed by atoms with van der Waals surface area (Å²) >= 11 is 6.09. The number of hydrogen-bond donors (Lipinski definition) is 1. The molecule has 1 amide bonds. The van der Waals surface area contributed by atoms with Gasteiger partial charge in [0, 0.05) is 11.6 Å². The van der Waals surface area contributed by atoms with Crippen molar-refractivity contribution in [1.82, 2.24) is 10.2 Å². The first-order valence-corrected chi connectivity index (χ1v) is 8.31. The van der Waals surface area contributed by atoms with E-state index in [-0.39, 0.29) is 16.9 Å². The van der Waals surface area contributed by atoms with Crippen molar-refractivity contribution < 1.29 is 4.79 Å². The molecule has 1 aliphatic heterocycles. The molecule has 0 atom stereocenters. The van der Waals surface area contributed by atoms with E-state index in [9.17, 15) is 4.79 Å². The Morgan fingerprint density at radius 2 is 2.00 bits per heavy atom. The van der Waals surface area contributed by atoms with Gasteiger partial charge in [0.05, 0.1) is 11.0 Å². The highest BCUT2D eigenvalue weighted by Crippen LogP contribution is 2.50. The van der Waals surface area contributed by atoms with Crippen LogP contribution in [0.4, 0.5) is 0 Å². The molecule has 1 N–H and O–H groups in total. The predicted octanol–water partition coefficient (Wildman–Crippen LogP) is 2.73. The van der Waals surface area contributed by atoms with Gasteiger partial charge in [-0.2, -0.15) is 0 Å². The maximum absolute atomic E-state index is 12.8. The Morgan fingerprint density at radius 3 is 2.52 bits per heavy atom. The normalized spacial score (nSPS) is 25.0. The maximum atomic E-state index is 12.8. The van der Waals surface area contributed by atoms with Crippen LogP contribution < -0.4 is 5.32 Å². The second-order valence-corrected chi connectivity index (χ2v) is 7.39. The van der Waals surface area contributed by atoms with E-state index in [0.717, 1.165) is 37.8 Å². The third kappa shape index (κ3) is 2.47. The summed E-state index contributed by atoms with van der Waals surface area (Å²) in [4.78, 5) is 15.3. The zero-order valence-electron chi connectivity index (χ0n) is 12.2. The fraction of sp³-hybridized carbons (Fsp3) is 0.588. The minimum Gasteiger partial charge on any atom is -0.349 e. The van der Waals surface area contributed by atoms with E-state index in [0.29, 0.717) is 5.02 Å². The van der Waals surface area contributed by atoms with Crippen LogP contribution in [0.2, 0.25) is 5.02 Å². The van der Waals surface area contributed by atoms with E-state index in [4.69, 9.17) is 11.6 Å². The van der Waals surface area contributed by atoms with Gasteiger partial charge in [-0.1, -0.05) is 23.7 Å². The second kappa shape index (κ2) is 4.72. The quantitative estimate of drug-likeness (QED) is 0.907. The predicted molar refractivity (Wildman–Crippen MR) is 83.5 cm³/mol. The van der Waals surface area contributed by atoms with Crippen molar-refractivity contribution in [2.75, 3.05) is 19.6 Å². The summed E-state index contributed by atoms with van der Waals surface area (Å²) in [6.45, 7) is 3.42. The second-order valence-electron chi connectivity index (χ2n) is 6.96. The van der Waals surface area contributed by atoms with E-state index in [1.54, 1.807) is 0 Å². The molecule has 0 spiro atoms. The van der Waals surface area contributed by atoms with Gasteiger partial charge in [-0.3, -0.25) is 4.79 Å². The maximum Gasteiger partial charge on any atom is 0.231 e. The summed E-state index contributed by atoms with van der Waals surface area (Å²) in [7, 11) is 0. The number of benzene rings is 1. The lowest BCUT2D eigenvalue weighted by molar-refractivity contribution is -0.124. The van der Waals surface area contributed by atoms with Crippen LogP contribution in [0.5, 0.6) is 0 Å². The lowest BCUT2D eigenvalue weighted by Crippen LogP contribution is -2.52. The van der Waals surface area contributed by atoms with E-state index >= 15 is 0 Å². The van der Waals surface area contributed by atoms with E-state index < -0.39 is 0 Å². The molecule has 1 heterocycles. The largest absolute Gasteiger partial charge is 0.349 e. The molecular weight excluding hydrogens is 284 g/mol. The summed E-state index contributed by atoms with van der Waals surface area (Å²) in [5.41, 5.74) is 0.827. The standard InChI is InChI=1S/C17H21ClN2O/c18-14-4-1-3-13(11-14)17(7-8-17)15(21)19-16(5-6-16)12-20-9-2-10-20/h1,3-4,11H,2,5-10,12H2,(H,19,21). The average Bonchev–Trinajstić information content (AvgIpc) is 3.30. The first kappa shape index (κ1) is 13.6. The highest BCUT2D eigenvalue weighted by Gasteiger charge is 2.55. The molecule has 1 aromatic rings. The van der Waals surface area contributed by atoms with Crippen molar-refractivity contribution in [1.29, 1.82) is 0 Å². The Bertz CT molecular complexity index is 574. The number of carbonyl (C=O) groups excluding carboxylic acids is 1. The topological polar surface area (TPSA) is 32.3 Å². The number of nitrogens with zero attached hydrogens (tertiary/aromatic N) is 1. The number of carbonyl (C=O) groups is 1. The number of likely N-dealkylation sites (tertiary alicyclic amines) is 1. The molecule has 4 rings (SSSR count). The monoisotopic (exact) mass is 304 g/mol. The van der Waals surface area contributed by atoms with Crippen molar-refractivity contribution in [3.63, 3.8) is 0 Å². The Balaban J connectivity index is 1.47. The van der Waals surface area contributed by atoms with Crippen molar-refractivity contribution in [3.05, 3.63) is 34.9 Å². The summed E-state index contributed by atoms with van der Waals surface area (Å²) in [5.74, 6) is 0.211. The average molecular weight is 305 g/mol. The van der Waals surface area contributed by atoms with Gasteiger partial charge in [0.15, 0.2) is 0 Å². The van der Waals surface area contributed by atoms with Gasteiger partial charge in [0.25, 0.3) is 0 Å². The van der Waals surface area contributed by atoms with Gasteiger partial charge < -0.3 is 10.2 Å². The van der Waals surface area contributed by atoms with Crippen molar-refractivity contribution in [3.8, 4) is 0 Å². The molecule has 1 aromatic carbocycles. The SMILES string of the molecule is O=C(NC1(CN2CCC2)CC1)C1(c2cccc(Cl)c2)CC1. The minimum absolute atomic E-state index is 0.0612. The number of rotatable bonds is 5. The number of hydrogen-bond acceptors (Lipinski definition) is 2. The number of halogens is 1. The van der Waals surface area contributed by atoms with Crippen LogP contribution in [-0.4, -0.2) is 36.0 Å². The summed E-state index contributed by atoms with van der Waals surface area (Å²) < 4.78 is 0. The van der Waals surface area contributed by atoms with Gasteiger partial charge in [-0.25, -0.2) is 0 Å². The first-order chi connectivity index (χ1) is 10.1. The molecule has 21 heavy (non-hydrogen) atoms. The molecule has 2 saturated carbocycles. The lowest BCUT2D eigenvalue weighted by Gasteiger charge is -2.35. The van der Waals surface area contributed by atoms with E-state index in [1.807, 2.05) is 24.3 Å². The third-order valence-electron chi connectivity index (χ3n) is 5.27. The van der Waals surface area contributed by atoms with Crippen LogP contribution in [-0.2, 0) is 10.2 Å². The molecule has 0 bridgehead atoms. The molecule has 3 fully saturated rings. The molecule has 3 aliphatic rings. The van der Waals surface area contributed by atoms with Crippen LogP contribution in [0.15, 0.2) is 24.3 Å². The number of amides is 1.